The summed E-state index contributed by atoms with van der Waals surface area (Å²) >= 11 is 3.24. The maximum atomic E-state index is 7.67. The van der Waals surface area contributed by atoms with Crippen LogP contribution in [0.4, 0.5) is 11.4 Å². The first kappa shape index (κ1) is 13.0. The van der Waals surface area contributed by atoms with Gasteiger partial charge in [-0.2, -0.15) is 0 Å². The van der Waals surface area contributed by atoms with Gasteiger partial charge in [-0.25, -0.2) is 0 Å². The quantitative estimate of drug-likeness (QED) is 0.511. The minimum atomic E-state index is 0.123. The molecular weight excluding hydrogens is 262 g/mol. The Labute approximate surface area is 115 Å². The van der Waals surface area contributed by atoms with Crippen molar-refractivity contribution in [2.75, 3.05) is 18.2 Å². The highest BCUT2D eigenvalue weighted by Gasteiger charge is 2.15. The molecule has 5 heteroatoms. The predicted molar refractivity (Wildman–Crippen MR) is 81.6 cm³/mol. The highest BCUT2D eigenvalue weighted by Crippen LogP contribution is 2.37. The molecule has 0 saturated heterocycles. The van der Waals surface area contributed by atoms with Crippen LogP contribution in [-0.2, 0) is 0 Å². The number of rotatable bonds is 4. The van der Waals surface area contributed by atoms with E-state index in [1.807, 2.05) is 43.6 Å². The zero-order valence-corrected chi connectivity index (χ0v) is 11.9. The number of para-hydroxylation sites is 1. The van der Waals surface area contributed by atoms with Gasteiger partial charge in [0.15, 0.2) is 0 Å². The summed E-state index contributed by atoms with van der Waals surface area (Å²) < 4.78 is 1.16. The van der Waals surface area contributed by atoms with Gasteiger partial charge < -0.3 is 10.6 Å². The molecule has 1 aromatic heterocycles. The first-order valence-electron chi connectivity index (χ1n) is 5.44. The zero-order chi connectivity index (χ0) is 13.1. The van der Waals surface area contributed by atoms with Crippen LogP contribution < -0.4 is 10.6 Å². The van der Waals surface area contributed by atoms with Gasteiger partial charge in [-0.05, 0) is 24.5 Å². The van der Waals surface area contributed by atoms with E-state index in [1.165, 1.54) is 0 Å². The van der Waals surface area contributed by atoms with Crippen LogP contribution in [0.3, 0.4) is 0 Å². The van der Waals surface area contributed by atoms with E-state index in [-0.39, 0.29) is 5.84 Å². The zero-order valence-electron chi connectivity index (χ0n) is 10.3. The molecule has 0 atom stereocenters. The number of nitrogens with zero attached hydrogens (tertiary/aromatic N) is 1. The average Bonchev–Trinajstić information content (AvgIpc) is 2.83. The number of nitrogen functional groups attached to an aromatic ring is 1. The molecule has 18 heavy (non-hydrogen) atoms. The van der Waals surface area contributed by atoms with Crippen molar-refractivity contribution in [3.63, 3.8) is 0 Å². The summed E-state index contributed by atoms with van der Waals surface area (Å²) in [6.45, 7) is 0. The highest BCUT2D eigenvalue weighted by atomic mass is 32.2. The van der Waals surface area contributed by atoms with Gasteiger partial charge in [0, 0.05) is 12.7 Å². The lowest BCUT2D eigenvalue weighted by atomic mass is 10.2. The molecule has 0 fully saturated rings. The van der Waals surface area contributed by atoms with E-state index in [9.17, 15) is 0 Å². The van der Waals surface area contributed by atoms with Crippen LogP contribution in [0.5, 0.6) is 0 Å². The molecule has 0 aliphatic heterocycles. The van der Waals surface area contributed by atoms with Crippen molar-refractivity contribution in [3.05, 3.63) is 41.3 Å². The molecule has 1 heterocycles. The third kappa shape index (κ3) is 2.52. The first-order chi connectivity index (χ1) is 8.63. The number of hydrogen-bond donors (Lipinski definition) is 2. The molecule has 94 valence electrons. The van der Waals surface area contributed by atoms with Crippen molar-refractivity contribution >= 4 is 40.3 Å². The molecule has 1 aromatic carbocycles. The van der Waals surface area contributed by atoms with E-state index in [1.54, 1.807) is 23.1 Å². The average molecular weight is 277 g/mol. The Hall–Kier alpha value is -1.46. The topological polar surface area (TPSA) is 53.1 Å². The van der Waals surface area contributed by atoms with E-state index >= 15 is 0 Å². The smallest absolute Gasteiger partial charge is 0.135 e. The molecule has 0 unspecified atom stereocenters. The summed E-state index contributed by atoms with van der Waals surface area (Å²) in [5.41, 5.74) is 7.73. The first-order valence-corrected chi connectivity index (χ1v) is 7.48. The van der Waals surface area contributed by atoms with Crippen LogP contribution >= 0.6 is 23.1 Å². The van der Waals surface area contributed by atoms with Gasteiger partial charge >= 0.3 is 0 Å². The number of thiophene rings is 1. The SMILES string of the molecule is CSc1cc(N(C)c2ccccc2)c(C(=N)N)s1. The van der Waals surface area contributed by atoms with Crippen molar-refractivity contribution in [2.45, 2.75) is 4.21 Å². The van der Waals surface area contributed by atoms with Gasteiger partial charge in [0.25, 0.3) is 0 Å². The number of benzene rings is 1. The van der Waals surface area contributed by atoms with Gasteiger partial charge in [-0.3, -0.25) is 5.41 Å². The molecule has 3 N–H and O–H groups in total. The van der Waals surface area contributed by atoms with Crippen LogP contribution in [0.2, 0.25) is 0 Å². The summed E-state index contributed by atoms with van der Waals surface area (Å²) in [6, 6.07) is 12.2. The second-order valence-corrected chi connectivity index (χ2v) is 5.95. The summed E-state index contributed by atoms with van der Waals surface area (Å²) in [5.74, 6) is 0.123. The monoisotopic (exact) mass is 277 g/mol. The standard InChI is InChI=1S/C13H15N3S2/c1-16(9-6-4-3-5-7-9)10-8-11(17-2)18-12(10)13(14)15/h3-8H,1-2H3,(H3,14,15). The highest BCUT2D eigenvalue weighted by molar-refractivity contribution is 8.00. The third-order valence-corrected chi connectivity index (χ3v) is 4.86. The summed E-state index contributed by atoms with van der Waals surface area (Å²) in [6.07, 6.45) is 2.03. The molecule has 0 amide bonds. The Morgan fingerprint density at radius 1 is 1.33 bits per heavy atom. The number of thioether (sulfide) groups is 1. The Morgan fingerprint density at radius 2 is 2.00 bits per heavy atom. The van der Waals surface area contributed by atoms with Crippen LogP contribution in [0, 0.1) is 5.41 Å². The van der Waals surface area contributed by atoms with E-state index < -0.39 is 0 Å². The third-order valence-electron chi connectivity index (χ3n) is 2.64. The largest absolute Gasteiger partial charge is 0.383 e. The lowest BCUT2D eigenvalue weighted by Gasteiger charge is -2.19. The summed E-state index contributed by atoms with van der Waals surface area (Å²) in [4.78, 5) is 2.89. The van der Waals surface area contributed by atoms with E-state index in [4.69, 9.17) is 11.1 Å². The number of nitrogens with two attached hydrogens (primary N) is 1. The van der Waals surface area contributed by atoms with Crippen LogP contribution in [-0.4, -0.2) is 19.1 Å². The van der Waals surface area contributed by atoms with E-state index in [0.717, 1.165) is 20.5 Å². The van der Waals surface area contributed by atoms with Gasteiger partial charge in [0.05, 0.1) is 14.8 Å². The maximum absolute atomic E-state index is 7.67. The normalized spacial score (nSPS) is 10.3. The lowest BCUT2D eigenvalue weighted by Crippen LogP contribution is -2.16. The number of hydrogen-bond acceptors (Lipinski definition) is 4. The van der Waals surface area contributed by atoms with Gasteiger partial charge in [-0.1, -0.05) is 18.2 Å². The Bertz CT molecular complexity index is 549. The number of anilines is 2. The van der Waals surface area contributed by atoms with Gasteiger partial charge in [-0.15, -0.1) is 23.1 Å². The van der Waals surface area contributed by atoms with E-state index in [2.05, 4.69) is 11.0 Å². The van der Waals surface area contributed by atoms with Crippen molar-refractivity contribution in [1.82, 2.24) is 0 Å². The molecule has 0 aliphatic carbocycles. The Morgan fingerprint density at radius 3 is 2.56 bits per heavy atom. The van der Waals surface area contributed by atoms with Gasteiger partial charge in [0.1, 0.15) is 5.84 Å². The molecule has 0 aliphatic rings. The minimum absolute atomic E-state index is 0.123. The fourth-order valence-corrected chi connectivity index (χ4v) is 3.29. The van der Waals surface area contributed by atoms with E-state index in [0.29, 0.717) is 0 Å². The van der Waals surface area contributed by atoms with Crippen LogP contribution in [0.15, 0.2) is 40.6 Å². The second-order valence-electron chi connectivity index (χ2n) is 3.79. The lowest BCUT2D eigenvalue weighted by molar-refractivity contribution is 1.21. The van der Waals surface area contributed by atoms with Crippen LogP contribution in [0.1, 0.15) is 4.88 Å². The Kier molecular flexibility index (Phi) is 3.93. The molecule has 0 bridgehead atoms. The molecular formula is C13H15N3S2. The fourth-order valence-electron chi connectivity index (χ4n) is 1.69. The molecule has 2 rings (SSSR count). The number of nitrogens with one attached hydrogen (secondary N) is 1. The fraction of sp³-hybridized carbons (Fsp3) is 0.154. The molecule has 0 spiro atoms. The predicted octanol–water partition coefficient (Wildman–Crippen LogP) is 3.52. The summed E-state index contributed by atoms with van der Waals surface area (Å²) in [7, 11) is 1.99. The van der Waals surface area contributed by atoms with Crippen molar-refractivity contribution in [2.24, 2.45) is 5.73 Å². The van der Waals surface area contributed by atoms with Gasteiger partial charge in [0.2, 0.25) is 0 Å². The number of amidine groups is 1. The summed E-state index contributed by atoms with van der Waals surface area (Å²) in [5, 5.41) is 7.67. The van der Waals surface area contributed by atoms with Crippen molar-refractivity contribution in [3.8, 4) is 0 Å². The van der Waals surface area contributed by atoms with Crippen molar-refractivity contribution in [1.29, 1.82) is 5.41 Å². The molecule has 0 saturated carbocycles. The maximum Gasteiger partial charge on any atom is 0.135 e. The Balaban J connectivity index is 2.44. The minimum Gasteiger partial charge on any atom is -0.383 e. The molecule has 2 aromatic rings. The second kappa shape index (κ2) is 5.46. The van der Waals surface area contributed by atoms with Crippen LogP contribution in [0.25, 0.3) is 0 Å². The molecule has 0 radical (unpaired) electrons. The molecule has 3 nitrogen and oxygen atoms in total. The van der Waals surface area contributed by atoms with Crippen molar-refractivity contribution < 1.29 is 0 Å².